The van der Waals surface area contributed by atoms with Crippen LogP contribution < -0.4 is 10.4 Å². The van der Waals surface area contributed by atoms with Gasteiger partial charge in [-0.15, -0.1) is 0 Å². The van der Waals surface area contributed by atoms with Crippen molar-refractivity contribution in [3.8, 4) is 5.75 Å². The molecule has 9 heteroatoms. The van der Waals surface area contributed by atoms with Gasteiger partial charge in [0.15, 0.2) is 0 Å². The number of ether oxygens (including phenoxy) is 1. The van der Waals surface area contributed by atoms with Gasteiger partial charge < -0.3 is 4.74 Å². The Morgan fingerprint density at radius 1 is 1.22 bits per heavy atom. The van der Waals surface area contributed by atoms with Crippen molar-refractivity contribution in [2.45, 2.75) is 30.5 Å². The van der Waals surface area contributed by atoms with E-state index >= 15 is 0 Å². The zero-order valence-electron chi connectivity index (χ0n) is 14.1. The van der Waals surface area contributed by atoms with Crippen molar-refractivity contribution in [2.75, 3.05) is 7.11 Å². The van der Waals surface area contributed by atoms with Gasteiger partial charge in [0, 0.05) is 18.0 Å². The maximum atomic E-state index is 14.0. The number of aromatic nitrogens is 2. The van der Waals surface area contributed by atoms with E-state index in [-0.39, 0.29) is 11.9 Å². The number of rotatable bonds is 4. The van der Waals surface area contributed by atoms with Crippen molar-refractivity contribution in [1.82, 2.24) is 9.55 Å². The number of fused-ring (bicyclic) bond motifs is 1. The molecular weight excluding hydrogens is 371 g/mol. The summed E-state index contributed by atoms with van der Waals surface area (Å²) in [7, 11) is 1.42. The van der Waals surface area contributed by atoms with Gasteiger partial charge in [0.2, 0.25) is 0 Å². The highest BCUT2D eigenvalue weighted by atomic mass is 19.4. The Morgan fingerprint density at radius 2 is 1.96 bits per heavy atom. The van der Waals surface area contributed by atoms with Crippen LogP contribution in [0.3, 0.4) is 0 Å². The van der Waals surface area contributed by atoms with Gasteiger partial charge in [0.1, 0.15) is 5.75 Å². The molecular formula is C18H15F5N2O2. The number of allylic oxidation sites excluding steroid dienone is 4. The van der Waals surface area contributed by atoms with Gasteiger partial charge in [-0.05, 0) is 24.6 Å². The molecule has 144 valence electrons. The van der Waals surface area contributed by atoms with Crippen LogP contribution >= 0.6 is 0 Å². The molecule has 1 aliphatic rings. The topological polar surface area (TPSA) is 44.1 Å². The Labute approximate surface area is 150 Å². The molecule has 0 spiro atoms. The fraction of sp³-hybridized carbons (Fsp3) is 0.333. The minimum Gasteiger partial charge on any atom is -0.497 e. The van der Waals surface area contributed by atoms with Crippen LogP contribution in [-0.4, -0.2) is 28.8 Å². The lowest BCUT2D eigenvalue weighted by Gasteiger charge is -2.37. The fourth-order valence-corrected chi connectivity index (χ4v) is 3.20. The van der Waals surface area contributed by atoms with Crippen LogP contribution in [0.5, 0.6) is 5.75 Å². The first-order valence-electron chi connectivity index (χ1n) is 7.95. The Bertz CT molecular complexity index is 978. The van der Waals surface area contributed by atoms with Gasteiger partial charge in [0.25, 0.3) is 0 Å². The molecule has 0 saturated heterocycles. The van der Waals surface area contributed by atoms with Gasteiger partial charge in [-0.1, -0.05) is 24.3 Å². The number of hydrogen-bond donors (Lipinski definition) is 0. The number of nitrogens with zero attached hydrogens (tertiary/aromatic N) is 2. The predicted molar refractivity (Wildman–Crippen MR) is 89.0 cm³/mol. The van der Waals surface area contributed by atoms with Crippen molar-refractivity contribution >= 4 is 10.9 Å². The Morgan fingerprint density at radius 3 is 2.56 bits per heavy atom. The van der Waals surface area contributed by atoms with Crippen LogP contribution in [-0.2, 0) is 5.54 Å². The van der Waals surface area contributed by atoms with Crippen molar-refractivity contribution in [2.24, 2.45) is 0 Å². The second-order valence-corrected chi connectivity index (χ2v) is 6.27. The molecule has 0 N–H and O–H groups in total. The van der Waals surface area contributed by atoms with Gasteiger partial charge in [0.05, 0.1) is 18.2 Å². The number of methoxy groups -OCH3 is 1. The van der Waals surface area contributed by atoms with E-state index in [2.05, 4.69) is 4.98 Å². The third-order valence-electron chi connectivity index (χ3n) is 4.49. The average Bonchev–Trinajstić information content (AvgIpc) is 2.60. The van der Waals surface area contributed by atoms with Crippen LogP contribution in [0.2, 0.25) is 0 Å². The Kier molecular flexibility index (Phi) is 4.57. The summed E-state index contributed by atoms with van der Waals surface area (Å²) in [6.07, 6.45) is -0.810. The van der Waals surface area contributed by atoms with Crippen LogP contribution in [0.25, 0.3) is 10.9 Å². The molecule has 27 heavy (non-hydrogen) atoms. The number of halogens is 5. The maximum absolute atomic E-state index is 14.0. The first-order valence-corrected chi connectivity index (χ1v) is 7.95. The molecule has 1 unspecified atom stereocenters. The second-order valence-electron chi connectivity index (χ2n) is 6.27. The fourth-order valence-electron chi connectivity index (χ4n) is 3.20. The minimum absolute atomic E-state index is 0.189. The van der Waals surface area contributed by atoms with E-state index < -0.39 is 29.7 Å². The first-order chi connectivity index (χ1) is 12.6. The molecule has 0 radical (unpaired) electrons. The molecule has 4 nitrogen and oxygen atoms in total. The zero-order chi connectivity index (χ0) is 19.9. The Balaban J connectivity index is 2.26. The van der Waals surface area contributed by atoms with Crippen molar-refractivity contribution in [3.05, 3.63) is 59.2 Å². The van der Waals surface area contributed by atoms with Gasteiger partial charge >= 0.3 is 17.8 Å². The molecule has 1 heterocycles. The molecule has 1 aromatic heterocycles. The second kappa shape index (κ2) is 6.47. The third kappa shape index (κ3) is 3.33. The van der Waals surface area contributed by atoms with E-state index in [1.165, 1.54) is 55.8 Å². The smallest absolute Gasteiger partial charge is 0.453 e. The highest BCUT2D eigenvalue weighted by Gasteiger charge is 2.60. The summed E-state index contributed by atoms with van der Waals surface area (Å²) >= 11 is 0. The maximum Gasteiger partial charge on any atom is 0.453 e. The summed E-state index contributed by atoms with van der Waals surface area (Å²) in [6, 6.07) is 4.46. The summed E-state index contributed by atoms with van der Waals surface area (Å²) in [6.45, 7) is 0. The van der Waals surface area contributed by atoms with Crippen LogP contribution in [0.4, 0.5) is 22.0 Å². The summed E-state index contributed by atoms with van der Waals surface area (Å²) in [4.78, 5) is 16.1. The quantitative estimate of drug-likeness (QED) is 0.740. The number of alkyl halides is 5. The van der Waals surface area contributed by atoms with E-state index in [4.69, 9.17) is 4.74 Å². The molecule has 0 amide bonds. The van der Waals surface area contributed by atoms with Crippen LogP contribution in [0.1, 0.15) is 12.8 Å². The third-order valence-corrected chi connectivity index (χ3v) is 4.49. The van der Waals surface area contributed by atoms with Crippen LogP contribution in [0, 0.1) is 0 Å². The van der Waals surface area contributed by atoms with E-state index in [9.17, 15) is 26.7 Å². The van der Waals surface area contributed by atoms with Crippen LogP contribution in [0.15, 0.2) is 53.5 Å². The van der Waals surface area contributed by atoms with Crippen molar-refractivity contribution in [3.63, 3.8) is 0 Å². The molecule has 0 saturated carbocycles. The lowest BCUT2D eigenvalue weighted by Crippen LogP contribution is -2.49. The molecule has 0 bridgehead atoms. The Hall–Kier alpha value is -2.71. The monoisotopic (exact) mass is 386 g/mol. The molecule has 3 rings (SSSR count). The van der Waals surface area contributed by atoms with Gasteiger partial charge in [-0.25, -0.2) is 9.78 Å². The summed E-state index contributed by atoms with van der Waals surface area (Å²) in [5.41, 5.74) is -2.63. The highest BCUT2D eigenvalue weighted by molar-refractivity contribution is 5.80. The highest BCUT2D eigenvalue weighted by Crippen LogP contribution is 2.46. The lowest BCUT2D eigenvalue weighted by atomic mass is 9.84. The molecule has 1 atom stereocenters. The van der Waals surface area contributed by atoms with Crippen molar-refractivity contribution in [1.29, 1.82) is 0 Å². The molecule has 0 aliphatic heterocycles. The molecule has 1 aromatic carbocycles. The summed E-state index contributed by atoms with van der Waals surface area (Å²) < 4.78 is 72.5. The van der Waals surface area contributed by atoms with Gasteiger partial charge in [-0.3, -0.25) is 4.57 Å². The zero-order valence-corrected chi connectivity index (χ0v) is 14.1. The summed E-state index contributed by atoms with van der Waals surface area (Å²) in [5.74, 6) is -4.56. The minimum atomic E-state index is -5.74. The average molecular weight is 386 g/mol. The van der Waals surface area contributed by atoms with E-state index in [1.807, 2.05) is 0 Å². The SMILES string of the molecule is COc1ccc2c(cnc(=O)n2C2(CC(F)(F)C(F)(F)F)C=CC=CC2)c1. The first kappa shape index (κ1) is 19.1. The molecule has 1 aliphatic carbocycles. The van der Waals surface area contributed by atoms with E-state index in [0.29, 0.717) is 11.1 Å². The lowest BCUT2D eigenvalue weighted by molar-refractivity contribution is -0.290. The largest absolute Gasteiger partial charge is 0.497 e. The number of hydrogen-bond acceptors (Lipinski definition) is 3. The predicted octanol–water partition coefficient (Wildman–Crippen LogP) is 4.20. The standard InChI is InChI=1S/C18H15F5N2O2/c1-27-13-5-6-14-12(9-13)10-24-15(26)25(14)16(7-3-2-4-8-16)11-17(19,20)18(21,22)23/h2-7,9-10H,8,11H2,1H3. The normalized spacial score (nSPS) is 20.2. The summed E-state index contributed by atoms with van der Waals surface area (Å²) in [5, 5.41) is 0.381. The van der Waals surface area contributed by atoms with Crippen molar-refractivity contribution < 1.29 is 26.7 Å². The van der Waals surface area contributed by atoms with Gasteiger partial charge in [-0.2, -0.15) is 22.0 Å². The number of benzene rings is 1. The van der Waals surface area contributed by atoms with E-state index in [1.54, 1.807) is 0 Å². The van der Waals surface area contributed by atoms with E-state index in [0.717, 1.165) is 4.57 Å². The molecule has 0 fully saturated rings. The molecule has 2 aromatic rings.